The molecule has 0 saturated heterocycles. The molecular weight excluding hydrogens is 784 g/mol. The first-order valence-corrected chi connectivity index (χ1v) is 23.0. The molecule has 2 nitrogen and oxygen atoms in total. The number of rotatable bonds is 3. The molecule has 10 aromatic rings. The first-order chi connectivity index (χ1) is 32.0. The normalized spacial score (nSPS) is 14.1. The van der Waals surface area contributed by atoms with E-state index < -0.39 is 5.41 Å². The molecule has 0 atom stereocenters. The van der Waals surface area contributed by atoms with E-state index in [-0.39, 0.29) is 6.85 Å². The van der Waals surface area contributed by atoms with Crippen LogP contribution in [-0.4, -0.2) is 6.85 Å². The number of hydrogen-bond acceptors (Lipinski definition) is 2. The van der Waals surface area contributed by atoms with Crippen LogP contribution in [0.25, 0.3) is 55.3 Å². The van der Waals surface area contributed by atoms with Crippen LogP contribution in [0.1, 0.15) is 38.9 Å². The summed E-state index contributed by atoms with van der Waals surface area (Å²) in [7, 11) is 0. The zero-order valence-corrected chi connectivity index (χ0v) is 36.6. The van der Waals surface area contributed by atoms with Gasteiger partial charge in [0.05, 0.1) is 11.1 Å². The Bertz CT molecular complexity index is 3590. The fourth-order valence-electron chi connectivity index (χ4n) is 12.8. The molecule has 0 radical (unpaired) electrons. The third kappa shape index (κ3) is 4.80. The maximum atomic E-state index is 2.67. The molecule has 3 heteroatoms. The van der Waals surface area contributed by atoms with E-state index in [9.17, 15) is 0 Å². The van der Waals surface area contributed by atoms with Gasteiger partial charge in [0.15, 0.2) is 0 Å². The van der Waals surface area contributed by atoms with Crippen LogP contribution in [0.2, 0.25) is 0 Å². The molecule has 0 bridgehead atoms. The fraction of sp³-hybridized carbons (Fsp3) is 0.0645. The largest absolute Gasteiger partial charge is 0.376 e. The van der Waals surface area contributed by atoms with E-state index in [0.29, 0.717) is 0 Å². The Morgan fingerprint density at radius 1 is 0.415 bits per heavy atom. The van der Waals surface area contributed by atoms with Crippen LogP contribution in [0, 0.1) is 20.8 Å². The summed E-state index contributed by atoms with van der Waals surface area (Å²) in [5.41, 5.74) is 27.7. The number of hydrogen-bond donors (Lipinski definition) is 0. The van der Waals surface area contributed by atoms with E-state index in [2.05, 4.69) is 237 Å². The van der Waals surface area contributed by atoms with Crippen molar-refractivity contribution in [2.45, 2.75) is 26.2 Å². The Morgan fingerprint density at radius 3 is 1.80 bits per heavy atom. The second-order valence-corrected chi connectivity index (χ2v) is 18.5. The van der Waals surface area contributed by atoms with E-state index in [1.54, 1.807) is 0 Å². The quantitative estimate of drug-likeness (QED) is 0.164. The molecule has 65 heavy (non-hydrogen) atoms. The summed E-state index contributed by atoms with van der Waals surface area (Å²) in [4.78, 5) is 5.33. The second kappa shape index (κ2) is 13.3. The molecule has 1 spiro atoms. The highest BCUT2D eigenvalue weighted by molar-refractivity contribution is 6.93. The van der Waals surface area contributed by atoms with Crippen LogP contribution < -0.4 is 20.6 Å². The van der Waals surface area contributed by atoms with Gasteiger partial charge in [-0.05, 0) is 151 Å². The molecule has 0 unspecified atom stereocenters. The van der Waals surface area contributed by atoms with E-state index in [0.717, 1.165) is 0 Å². The van der Waals surface area contributed by atoms with Crippen LogP contribution in [0.3, 0.4) is 0 Å². The van der Waals surface area contributed by atoms with Gasteiger partial charge in [0.1, 0.15) is 0 Å². The molecule has 0 amide bonds. The summed E-state index contributed by atoms with van der Waals surface area (Å²) in [5.74, 6) is 0. The third-order valence-corrected chi connectivity index (χ3v) is 15.1. The van der Waals surface area contributed by atoms with Crippen molar-refractivity contribution in [1.29, 1.82) is 0 Å². The zero-order chi connectivity index (χ0) is 43.1. The lowest BCUT2D eigenvalue weighted by Crippen LogP contribution is -2.62. The second-order valence-electron chi connectivity index (χ2n) is 18.5. The minimum absolute atomic E-state index is 0.120. The number of benzene rings is 10. The number of anilines is 5. The molecular formula is C62H43BN2. The first-order valence-electron chi connectivity index (χ1n) is 23.0. The number of para-hydroxylation sites is 2. The smallest absolute Gasteiger partial charge is 0.333 e. The highest BCUT2D eigenvalue weighted by Gasteiger charge is 2.55. The molecule has 3 aliphatic heterocycles. The van der Waals surface area contributed by atoms with Crippen molar-refractivity contribution >= 4 is 57.0 Å². The minimum atomic E-state index is -0.515. The van der Waals surface area contributed by atoms with Gasteiger partial charge in [-0.1, -0.05) is 175 Å². The molecule has 0 saturated carbocycles. The van der Waals surface area contributed by atoms with E-state index in [1.807, 2.05) is 0 Å². The van der Waals surface area contributed by atoms with Gasteiger partial charge >= 0.3 is 6.85 Å². The topological polar surface area (TPSA) is 6.48 Å². The summed E-state index contributed by atoms with van der Waals surface area (Å²) in [6, 6.07) is 78.3. The Kier molecular flexibility index (Phi) is 7.50. The minimum Gasteiger partial charge on any atom is -0.376 e. The van der Waals surface area contributed by atoms with Crippen molar-refractivity contribution in [3.05, 3.63) is 245 Å². The highest BCUT2D eigenvalue weighted by atomic mass is 15.2. The van der Waals surface area contributed by atoms with Gasteiger partial charge < -0.3 is 9.71 Å². The number of fused-ring (bicyclic) bond motifs is 15. The highest BCUT2D eigenvalue weighted by Crippen LogP contribution is 2.64. The maximum absolute atomic E-state index is 2.67. The van der Waals surface area contributed by atoms with Crippen LogP contribution in [0.5, 0.6) is 0 Å². The first kappa shape index (κ1) is 36.6. The van der Waals surface area contributed by atoms with Crippen LogP contribution in [0.15, 0.2) is 206 Å². The molecule has 3 heterocycles. The van der Waals surface area contributed by atoms with Crippen molar-refractivity contribution in [1.82, 2.24) is 0 Å². The Morgan fingerprint density at radius 2 is 1.05 bits per heavy atom. The molecule has 14 rings (SSSR count). The lowest BCUT2D eigenvalue weighted by molar-refractivity contribution is 0.753. The average molecular weight is 827 g/mol. The van der Waals surface area contributed by atoms with Gasteiger partial charge in [0, 0.05) is 28.3 Å². The fourth-order valence-corrected chi connectivity index (χ4v) is 12.8. The summed E-state index contributed by atoms with van der Waals surface area (Å²) >= 11 is 0. The van der Waals surface area contributed by atoms with Gasteiger partial charge in [-0.25, -0.2) is 0 Å². The molecule has 10 aromatic carbocycles. The van der Waals surface area contributed by atoms with Crippen LogP contribution in [0.4, 0.5) is 28.4 Å². The van der Waals surface area contributed by atoms with E-state index in [1.165, 1.54) is 134 Å². The summed E-state index contributed by atoms with van der Waals surface area (Å²) in [5, 5.41) is 2.51. The Hall–Kier alpha value is -7.88. The lowest BCUT2D eigenvalue weighted by atomic mass is 9.42. The SMILES string of the molecule is Cc1cc(C)c(-c2cc3c4c(c2)N2c5ccccc5C5(c6ccccc6-c6ccccc65)c5cccc(c52)B4N(c2ccc(-c4ccccc4)cc2)c2ccc4ccccc4c2-3)c(C)c1. The van der Waals surface area contributed by atoms with Crippen molar-refractivity contribution in [3.8, 4) is 44.5 Å². The molecule has 304 valence electrons. The van der Waals surface area contributed by atoms with Gasteiger partial charge in [0.25, 0.3) is 0 Å². The van der Waals surface area contributed by atoms with Crippen molar-refractivity contribution in [3.63, 3.8) is 0 Å². The molecule has 0 aromatic heterocycles. The van der Waals surface area contributed by atoms with Gasteiger partial charge in [-0.2, -0.15) is 0 Å². The lowest BCUT2D eigenvalue weighted by Gasteiger charge is -2.51. The monoisotopic (exact) mass is 826 g/mol. The maximum Gasteiger partial charge on any atom is 0.333 e. The standard InChI is InChI=1S/C62H43BN2/c1-38-34-39(2)58(40(3)35-38)44-36-49-59-46-19-8-7-18-43(46)30-33-56(59)65(45-31-28-42(29-32-45)41-16-5-4-6-17-41)63-54-26-15-25-53-61(54)64(57(37-44)60(49)63)55-27-14-13-24-52(55)62(53)50-22-11-9-20-47(50)48-21-10-12-23-51(48)62/h4-37H,1-3H3. The Labute approximate surface area is 380 Å². The Balaban J connectivity index is 1.14. The van der Waals surface area contributed by atoms with Gasteiger partial charge in [-0.3, -0.25) is 0 Å². The summed E-state index contributed by atoms with van der Waals surface area (Å²) < 4.78 is 0. The van der Waals surface area contributed by atoms with Gasteiger partial charge in [-0.15, -0.1) is 0 Å². The summed E-state index contributed by atoms with van der Waals surface area (Å²) in [6.45, 7) is 6.67. The van der Waals surface area contributed by atoms with E-state index >= 15 is 0 Å². The molecule has 0 fully saturated rings. The summed E-state index contributed by atoms with van der Waals surface area (Å²) in [6.07, 6.45) is 0. The molecule has 4 aliphatic rings. The molecule has 1 aliphatic carbocycles. The predicted octanol–water partition coefficient (Wildman–Crippen LogP) is 14.5. The molecule has 0 N–H and O–H groups in total. The third-order valence-electron chi connectivity index (χ3n) is 15.1. The van der Waals surface area contributed by atoms with Crippen LogP contribution in [-0.2, 0) is 5.41 Å². The zero-order valence-electron chi connectivity index (χ0n) is 36.6. The predicted molar refractivity (Wildman–Crippen MR) is 274 cm³/mol. The number of aryl methyl sites for hydroxylation is 3. The average Bonchev–Trinajstić information content (AvgIpc) is 3.64. The van der Waals surface area contributed by atoms with Crippen LogP contribution >= 0.6 is 0 Å². The van der Waals surface area contributed by atoms with Crippen molar-refractivity contribution in [2.24, 2.45) is 0 Å². The number of nitrogens with zero attached hydrogens (tertiary/aromatic N) is 2. The van der Waals surface area contributed by atoms with Crippen molar-refractivity contribution in [2.75, 3.05) is 9.71 Å². The van der Waals surface area contributed by atoms with E-state index in [4.69, 9.17) is 0 Å². The van der Waals surface area contributed by atoms with Gasteiger partial charge in [0.2, 0.25) is 0 Å². The van der Waals surface area contributed by atoms with Crippen molar-refractivity contribution < 1.29 is 0 Å².